The zero-order chi connectivity index (χ0) is 12.0. The maximum Gasteiger partial charge on any atom is 0.323 e. The Balaban J connectivity index is 2.35. The molecule has 0 saturated heterocycles. The van der Waals surface area contributed by atoms with E-state index in [2.05, 4.69) is 0 Å². The van der Waals surface area contributed by atoms with Gasteiger partial charge in [0.25, 0.3) is 0 Å². The average Bonchev–Trinajstić information content (AvgIpc) is 2.26. The lowest BCUT2D eigenvalue weighted by Crippen LogP contribution is -2.34. The second kappa shape index (κ2) is 6.28. The van der Waals surface area contributed by atoms with Crippen molar-refractivity contribution >= 4 is 5.97 Å². The third-order valence-electron chi connectivity index (χ3n) is 2.24. The number of benzene rings is 1. The monoisotopic (exact) mass is 221 g/mol. The minimum Gasteiger partial charge on any atom is -0.462 e. The zero-order valence-electron chi connectivity index (χ0n) is 9.85. The van der Waals surface area contributed by atoms with Gasteiger partial charge in [0.05, 0.1) is 6.10 Å². The second-order valence-corrected chi connectivity index (χ2v) is 4.12. The lowest BCUT2D eigenvalue weighted by molar-refractivity contribution is -0.149. The van der Waals surface area contributed by atoms with Crippen molar-refractivity contribution in [1.82, 2.24) is 0 Å². The van der Waals surface area contributed by atoms with Crippen LogP contribution >= 0.6 is 0 Å². The van der Waals surface area contributed by atoms with Crippen molar-refractivity contribution in [2.45, 2.75) is 38.8 Å². The van der Waals surface area contributed by atoms with Gasteiger partial charge in [-0.05, 0) is 32.3 Å². The third-order valence-corrected chi connectivity index (χ3v) is 2.24. The molecule has 0 fully saturated rings. The van der Waals surface area contributed by atoms with Gasteiger partial charge in [-0.15, -0.1) is 0 Å². The number of ether oxygens (including phenoxy) is 1. The topological polar surface area (TPSA) is 52.3 Å². The van der Waals surface area contributed by atoms with Crippen LogP contribution in [0.5, 0.6) is 0 Å². The molecule has 0 saturated carbocycles. The van der Waals surface area contributed by atoms with Gasteiger partial charge < -0.3 is 10.5 Å². The summed E-state index contributed by atoms with van der Waals surface area (Å²) in [4.78, 5) is 11.4. The molecule has 0 aliphatic carbocycles. The van der Waals surface area contributed by atoms with E-state index in [0.717, 1.165) is 6.42 Å². The largest absolute Gasteiger partial charge is 0.462 e. The van der Waals surface area contributed by atoms with E-state index in [1.54, 1.807) is 0 Å². The van der Waals surface area contributed by atoms with Gasteiger partial charge in [-0.25, -0.2) is 0 Å². The van der Waals surface area contributed by atoms with Crippen LogP contribution in [0.15, 0.2) is 30.3 Å². The van der Waals surface area contributed by atoms with Crippen LogP contribution in [0.4, 0.5) is 0 Å². The lowest BCUT2D eigenvalue weighted by atomic mass is 10.1. The highest BCUT2D eigenvalue weighted by Crippen LogP contribution is 2.05. The van der Waals surface area contributed by atoms with Gasteiger partial charge in [0.2, 0.25) is 0 Å². The zero-order valence-corrected chi connectivity index (χ0v) is 9.85. The fourth-order valence-corrected chi connectivity index (χ4v) is 1.40. The molecular weight excluding hydrogens is 202 g/mol. The van der Waals surface area contributed by atoms with E-state index in [4.69, 9.17) is 10.5 Å². The van der Waals surface area contributed by atoms with Gasteiger partial charge in [0, 0.05) is 0 Å². The Hall–Kier alpha value is -1.35. The molecule has 3 nitrogen and oxygen atoms in total. The number of hydrogen-bond donors (Lipinski definition) is 1. The first-order valence-electron chi connectivity index (χ1n) is 5.59. The van der Waals surface area contributed by atoms with E-state index in [1.807, 2.05) is 44.2 Å². The minimum absolute atomic E-state index is 0.102. The van der Waals surface area contributed by atoms with Crippen molar-refractivity contribution in [2.75, 3.05) is 0 Å². The number of carbonyl (C=O) groups is 1. The van der Waals surface area contributed by atoms with Crippen molar-refractivity contribution in [2.24, 2.45) is 5.73 Å². The molecule has 1 rings (SSSR count). The van der Waals surface area contributed by atoms with Gasteiger partial charge in [0.1, 0.15) is 6.04 Å². The molecule has 0 spiro atoms. The van der Waals surface area contributed by atoms with Gasteiger partial charge in [-0.3, -0.25) is 4.79 Å². The van der Waals surface area contributed by atoms with E-state index in [-0.39, 0.29) is 12.1 Å². The van der Waals surface area contributed by atoms with Gasteiger partial charge >= 0.3 is 5.97 Å². The summed E-state index contributed by atoms with van der Waals surface area (Å²) in [6.45, 7) is 3.64. The molecule has 16 heavy (non-hydrogen) atoms. The van der Waals surface area contributed by atoms with Crippen molar-refractivity contribution < 1.29 is 9.53 Å². The molecule has 0 unspecified atom stereocenters. The maximum absolute atomic E-state index is 11.4. The standard InChI is InChI=1S/C13H19NO2/c1-10(2)16-13(15)12(14)9-8-11-6-4-3-5-7-11/h3-7,10,12H,8-9,14H2,1-2H3/t12-/m0/s1. The molecule has 0 aliphatic heterocycles. The highest BCUT2D eigenvalue weighted by atomic mass is 16.5. The summed E-state index contributed by atoms with van der Waals surface area (Å²) in [5, 5.41) is 0. The first-order valence-corrected chi connectivity index (χ1v) is 5.59. The number of nitrogens with two attached hydrogens (primary N) is 1. The van der Waals surface area contributed by atoms with Crippen LogP contribution in [0.1, 0.15) is 25.8 Å². The molecule has 0 radical (unpaired) electrons. The maximum atomic E-state index is 11.4. The summed E-state index contributed by atoms with van der Waals surface area (Å²) in [5.74, 6) is -0.314. The first kappa shape index (κ1) is 12.7. The van der Waals surface area contributed by atoms with Crippen molar-refractivity contribution in [3.05, 3.63) is 35.9 Å². The van der Waals surface area contributed by atoms with E-state index < -0.39 is 6.04 Å². The SMILES string of the molecule is CC(C)OC(=O)[C@@H](N)CCc1ccccc1. The molecule has 0 heterocycles. The Morgan fingerprint density at radius 1 is 1.31 bits per heavy atom. The Kier molecular flexibility index (Phi) is 4.99. The fraction of sp³-hybridized carbons (Fsp3) is 0.462. The molecule has 1 aromatic carbocycles. The lowest BCUT2D eigenvalue weighted by Gasteiger charge is -2.13. The highest BCUT2D eigenvalue weighted by molar-refractivity contribution is 5.75. The summed E-state index contributed by atoms with van der Waals surface area (Å²) >= 11 is 0. The summed E-state index contributed by atoms with van der Waals surface area (Å²) in [7, 11) is 0. The quantitative estimate of drug-likeness (QED) is 0.773. The van der Waals surface area contributed by atoms with Crippen LogP contribution in [0.25, 0.3) is 0 Å². The third kappa shape index (κ3) is 4.45. The Labute approximate surface area is 96.6 Å². The molecule has 88 valence electrons. The van der Waals surface area contributed by atoms with E-state index in [9.17, 15) is 4.79 Å². The summed E-state index contributed by atoms with van der Waals surface area (Å²) in [6, 6.07) is 9.46. The molecular formula is C13H19NO2. The molecule has 0 aromatic heterocycles. The van der Waals surface area contributed by atoms with Gasteiger partial charge in [0.15, 0.2) is 0 Å². The van der Waals surface area contributed by atoms with Crippen LogP contribution in [-0.4, -0.2) is 18.1 Å². The number of aryl methyl sites for hydroxylation is 1. The highest BCUT2D eigenvalue weighted by Gasteiger charge is 2.15. The Bertz CT molecular complexity index is 322. The van der Waals surface area contributed by atoms with Crippen LogP contribution in [0.3, 0.4) is 0 Å². The molecule has 0 bridgehead atoms. The second-order valence-electron chi connectivity index (χ2n) is 4.12. The summed E-state index contributed by atoms with van der Waals surface area (Å²) in [5.41, 5.74) is 6.93. The molecule has 1 atom stereocenters. The van der Waals surface area contributed by atoms with Crippen LogP contribution in [0.2, 0.25) is 0 Å². The van der Waals surface area contributed by atoms with Crippen LogP contribution in [0, 0.1) is 0 Å². The number of carbonyl (C=O) groups excluding carboxylic acids is 1. The van der Waals surface area contributed by atoms with Crippen molar-refractivity contribution in [3.63, 3.8) is 0 Å². The smallest absolute Gasteiger partial charge is 0.323 e. The normalized spacial score (nSPS) is 12.5. The minimum atomic E-state index is -0.525. The van der Waals surface area contributed by atoms with Gasteiger partial charge in [-0.1, -0.05) is 30.3 Å². The van der Waals surface area contributed by atoms with E-state index in [0.29, 0.717) is 6.42 Å². The molecule has 3 heteroatoms. The fourth-order valence-electron chi connectivity index (χ4n) is 1.40. The van der Waals surface area contributed by atoms with E-state index >= 15 is 0 Å². The molecule has 0 aliphatic rings. The van der Waals surface area contributed by atoms with Crippen LogP contribution in [-0.2, 0) is 16.0 Å². The van der Waals surface area contributed by atoms with Gasteiger partial charge in [-0.2, -0.15) is 0 Å². The molecule has 2 N–H and O–H groups in total. The molecule has 1 aromatic rings. The number of esters is 1. The number of hydrogen-bond acceptors (Lipinski definition) is 3. The first-order chi connectivity index (χ1) is 7.59. The predicted octanol–water partition coefficient (Wildman–Crippen LogP) is 1.90. The Morgan fingerprint density at radius 3 is 2.50 bits per heavy atom. The van der Waals surface area contributed by atoms with Crippen molar-refractivity contribution in [3.8, 4) is 0 Å². The predicted molar refractivity (Wildman–Crippen MR) is 64.0 cm³/mol. The number of rotatable bonds is 5. The Morgan fingerprint density at radius 2 is 1.94 bits per heavy atom. The van der Waals surface area contributed by atoms with Crippen molar-refractivity contribution in [1.29, 1.82) is 0 Å². The summed E-state index contributed by atoms with van der Waals surface area (Å²) < 4.78 is 5.04. The average molecular weight is 221 g/mol. The van der Waals surface area contributed by atoms with Crippen LogP contribution < -0.4 is 5.73 Å². The molecule has 0 amide bonds. The summed E-state index contributed by atoms with van der Waals surface area (Å²) in [6.07, 6.45) is 1.32. The van der Waals surface area contributed by atoms with E-state index in [1.165, 1.54) is 5.56 Å².